The average molecular weight is 530 g/mol. The molecule has 1 saturated heterocycles. The molecule has 10 heteroatoms. The number of rotatable bonds is 13. The normalized spacial score (nSPS) is 20.6. The Bertz CT molecular complexity index is 1120. The highest BCUT2D eigenvalue weighted by Gasteiger charge is 2.47. The molecule has 2 aromatic rings. The van der Waals surface area contributed by atoms with Gasteiger partial charge < -0.3 is 23.9 Å². The lowest BCUT2D eigenvalue weighted by molar-refractivity contribution is -0.188. The van der Waals surface area contributed by atoms with E-state index in [1.54, 1.807) is 7.11 Å². The molecule has 0 radical (unpaired) electrons. The highest BCUT2D eigenvalue weighted by Crippen LogP contribution is 2.47. The summed E-state index contributed by atoms with van der Waals surface area (Å²) in [7, 11) is 3.53. The third-order valence-corrected chi connectivity index (χ3v) is 7.38. The van der Waals surface area contributed by atoms with E-state index in [1.165, 1.54) is 5.06 Å². The van der Waals surface area contributed by atoms with Crippen LogP contribution in [0.4, 0.5) is 0 Å². The van der Waals surface area contributed by atoms with E-state index in [4.69, 9.17) is 19.0 Å². The van der Waals surface area contributed by atoms with Crippen molar-refractivity contribution in [3.63, 3.8) is 0 Å². The number of methoxy groups -OCH3 is 1. The zero-order valence-electron chi connectivity index (χ0n) is 22.7. The summed E-state index contributed by atoms with van der Waals surface area (Å²) in [6, 6.07) is 7.36. The molecule has 1 aromatic carbocycles. The van der Waals surface area contributed by atoms with E-state index in [9.17, 15) is 14.7 Å². The Labute approximate surface area is 224 Å². The van der Waals surface area contributed by atoms with Gasteiger partial charge in [-0.2, -0.15) is 0 Å². The standard InChI is InChI=1S/C28H39N3O7/c1-5-11-31(38-13-6-2)25(32)17-30-16-21(19-14-23(35-4)27-24(15-19)36-18-37-27)26(28(33)34)22(30)10-9-20-8-7-12-29(20)3/h7-8,12,14-15,21-22,26H,5-6,9-11,13,16-18H2,1-4H3,(H,33,34)/t21-,22+,26-/m1/s1. The fourth-order valence-electron chi connectivity index (χ4n) is 5.52. The zero-order valence-corrected chi connectivity index (χ0v) is 22.7. The van der Waals surface area contributed by atoms with Crippen molar-refractivity contribution >= 4 is 11.9 Å². The minimum atomic E-state index is -0.883. The summed E-state index contributed by atoms with van der Waals surface area (Å²) in [5.74, 6) is -0.542. The van der Waals surface area contributed by atoms with Gasteiger partial charge >= 0.3 is 5.97 Å². The quantitative estimate of drug-likeness (QED) is 0.394. The third-order valence-electron chi connectivity index (χ3n) is 7.38. The van der Waals surface area contributed by atoms with Crippen molar-refractivity contribution in [3.8, 4) is 17.2 Å². The molecule has 2 aliphatic rings. The van der Waals surface area contributed by atoms with E-state index >= 15 is 0 Å². The van der Waals surface area contributed by atoms with Gasteiger partial charge in [-0.3, -0.25) is 19.3 Å². The van der Waals surface area contributed by atoms with Crippen molar-refractivity contribution in [1.82, 2.24) is 14.5 Å². The van der Waals surface area contributed by atoms with Gasteiger partial charge in [-0.1, -0.05) is 13.8 Å². The lowest BCUT2D eigenvalue weighted by Crippen LogP contribution is -2.44. The molecule has 1 amide bonds. The van der Waals surface area contributed by atoms with E-state index in [0.717, 1.165) is 24.1 Å². The molecule has 0 bridgehead atoms. The first-order valence-corrected chi connectivity index (χ1v) is 13.4. The Morgan fingerprint density at radius 2 is 2.03 bits per heavy atom. The Morgan fingerprint density at radius 3 is 2.68 bits per heavy atom. The van der Waals surface area contributed by atoms with Crippen LogP contribution in [0.15, 0.2) is 30.5 Å². The van der Waals surface area contributed by atoms with Crippen LogP contribution in [0.1, 0.15) is 50.3 Å². The Balaban J connectivity index is 1.65. The molecule has 38 heavy (non-hydrogen) atoms. The van der Waals surface area contributed by atoms with E-state index < -0.39 is 11.9 Å². The number of aryl methyl sites for hydroxylation is 2. The SMILES string of the molecule is CCCON(CCC)C(=O)CN1C[C@H](c2cc(OC)c3c(c2)OCO3)[C@@H](C(=O)O)[C@@H]1CCc1cccn1C. The van der Waals surface area contributed by atoms with Gasteiger partial charge in [0, 0.05) is 44.0 Å². The number of aliphatic carboxylic acids is 1. The maximum Gasteiger partial charge on any atom is 0.308 e. The first-order valence-electron chi connectivity index (χ1n) is 13.4. The second-order valence-electron chi connectivity index (χ2n) is 9.90. The molecular formula is C28H39N3O7. The number of carboxylic acid groups (broad SMARTS) is 1. The number of amides is 1. The van der Waals surface area contributed by atoms with Crippen molar-refractivity contribution in [3.05, 3.63) is 41.7 Å². The van der Waals surface area contributed by atoms with Gasteiger partial charge in [0.25, 0.3) is 5.91 Å². The second kappa shape index (κ2) is 12.5. The lowest BCUT2D eigenvalue weighted by Gasteiger charge is -2.29. The number of hydrogen-bond donors (Lipinski definition) is 1. The molecule has 3 atom stereocenters. The van der Waals surface area contributed by atoms with Crippen molar-refractivity contribution in [2.45, 2.75) is 51.5 Å². The smallest absolute Gasteiger partial charge is 0.308 e. The molecule has 2 aliphatic heterocycles. The molecule has 1 aromatic heterocycles. The van der Waals surface area contributed by atoms with Crippen LogP contribution in [0.3, 0.4) is 0 Å². The van der Waals surface area contributed by atoms with Crippen molar-refractivity contribution in [2.75, 3.05) is 40.1 Å². The van der Waals surface area contributed by atoms with Crippen LogP contribution < -0.4 is 14.2 Å². The summed E-state index contributed by atoms with van der Waals surface area (Å²) < 4.78 is 18.7. The average Bonchev–Trinajstić information content (AvgIpc) is 3.63. The summed E-state index contributed by atoms with van der Waals surface area (Å²) in [6.45, 7) is 5.54. The fourth-order valence-corrected chi connectivity index (χ4v) is 5.52. The topological polar surface area (TPSA) is 103 Å². The molecular weight excluding hydrogens is 490 g/mol. The van der Waals surface area contributed by atoms with Gasteiger partial charge in [0.2, 0.25) is 12.5 Å². The largest absolute Gasteiger partial charge is 0.493 e. The fraction of sp³-hybridized carbons (Fsp3) is 0.571. The van der Waals surface area contributed by atoms with Crippen LogP contribution in [0.5, 0.6) is 17.2 Å². The Kier molecular flexibility index (Phi) is 9.17. The molecule has 208 valence electrons. The van der Waals surface area contributed by atoms with E-state index in [-0.39, 0.29) is 31.2 Å². The maximum absolute atomic E-state index is 13.4. The number of aromatic nitrogens is 1. The van der Waals surface area contributed by atoms with Gasteiger partial charge in [-0.15, -0.1) is 0 Å². The minimum absolute atomic E-state index is 0.0868. The van der Waals surface area contributed by atoms with Gasteiger partial charge in [-0.05, 0) is 55.5 Å². The lowest BCUT2D eigenvalue weighted by atomic mass is 9.83. The Morgan fingerprint density at radius 1 is 1.21 bits per heavy atom. The highest BCUT2D eigenvalue weighted by molar-refractivity contribution is 5.78. The number of hydroxylamine groups is 2. The number of benzene rings is 1. The van der Waals surface area contributed by atoms with Crippen LogP contribution in [-0.4, -0.2) is 77.7 Å². The summed E-state index contributed by atoms with van der Waals surface area (Å²) in [5.41, 5.74) is 1.91. The molecule has 0 unspecified atom stereocenters. The van der Waals surface area contributed by atoms with Crippen LogP contribution in [0, 0.1) is 5.92 Å². The zero-order chi connectivity index (χ0) is 27.2. The predicted octanol–water partition coefficient (Wildman–Crippen LogP) is 3.44. The molecule has 0 spiro atoms. The summed E-state index contributed by atoms with van der Waals surface area (Å²) in [5, 5.41) is 11.9. The molecule has 1 fully saturated rings. The van der Waals surface area contributed by atoms with Crippen LogP contribution in [0.25, 0.3) is 0 Å². The van der Waals surface area contributed by atoms with Gasteiger partial charge in [-0.25, -0.2) is 5.06 Å². The third kappa shape index (κ3) is 5.91. The monoisotopic (exact) mass is 529 g/mol. The van der Waals surface area contributed by atoms with Gasteiger partial charge in [0.15, 0.2) is 11.5 Å². The number of likely N-dealkylation sites (tertiary alicyclic amines) is 1. The molecule has 3 heterocycles. The first-order chi connectivity index (χ1) is 18.4. The molecule has 0 aliphatic carbocycles. The highest BCUT2D eigenvalue weighted by atomic mass is 16.7. The van der Waals surface area contributed by atoms with Crippen molar-refractivity contribution in [1.29, 1.82) is 0 Å². The van der Waals surface area contributed by atoms with Crippen molar-refractivity contribution in [2.24, 2.45) is 13.0 Å². The van der Waals surface area contributed by atoms with E-state index in [0.29, 0.717) is 49.8 Å². The molecule has 0 saturated carbocycles. The number of fused-ring (bicyclic) bond motifs is 1. The van der Waals surface area contributed by atoms with Crippen LogP contribution >= 0.6 is 0 Å². The summed E-state index contributed by atoms with van der Waals surface area (Å²) in [6.07, 6.45) is 4.85. The summed E-state index contributed by atoms with van der Waals surface area (Å²) in [4.78, 5) is 33.9. The second-order valence-corrected chi connectivity index (χ2v) is 9.90. The van der Waals surface area contributed by atoms with E-state index in [1.807, 2.05) is 60.8 Å². The van der Waals surface area contributed by atoms with Crippen LogP contribution in [-0.2, 0) is 27.9 Å². The molecule has 1 N–H and O–H groups in total. The van der Waals surface area contributed by atoms with E-state index in [2.05, 4.69) is 0 Å². The number of carbonyl (C=O) groups is 2. The molecule has 4 rings (SSSR count). The molecule has 10 nitrogen and oxygen atoms in total. The number of ether oxygens (including phenoxy) is 3. The van der Waals surface area contributed by atoms with Gasteiger partial charge in [0.1, 0.15) is 0 Å². The van der Waals surface area contributed by atoms with Crippen LogP contribution in [0.2, 0.25) is 0 Å². The summed E-state index contributed by atoms with van der Waals surface area (Å²) >= 11 is 0. The first kappa shape index (κ1) is 27.8. The number of hydrogen-bond acceptors (Lipinski definition) is 7. The minimum Gasteiger partial charge on any atom is -0.493 e. The van der Waals surface area contributed by atoms with Gasteiger partial charge in [0.05, 0.1) is 26.2 Å². The maximum atomic E-state index is 13.4. The Hall–Kier alpha value is -3.24. The number of carbonyl (C=O) groups excluding carboxylic acids is 1. The number of carboxylic acids is 1. The predicted molar refractivity (Wildman–Crippen MR) is 140 cm³/mol. The van der Waals surface area contributed by atoms with Crippen molar-refractivity contribution < 1.29 is 33.7 Å². The number of nitrogens with zero attached hydrogens (tertiary/aromatic N) is 3.